The van der Waals surface area contributed by atoms with Crippen molar-refractivity contribution in [2.24, 2.45) is 0 Å². The molecule has 0 unspecified atom stereocenters. The number of ether oxygens (including phenoxy) is 1. The van der Waals surface area contributed by atoms with E-state index < -0.39 is 10.0 Å². The molecule has 8 heteroatoms. The highest BCUT2D eigenvalue weighted by atomic mass is 32.2. The van der Waals surface area contributed by atoms with E-state index in [4.69, 9.17) is 4.74 Å². The van der Waals surface area contributed by atoms with E-state index in [1.807, 2.05) is 0 Å². The molecule has 1 spiro atoms. The normalized spacial score (nSPS) is 22.7. The van der Waals surface area contributed by atoms with Crippen molar-refractivity contribution in [3.8, 4) is 0 Å². The zero-order valence-corrected chi connectivity index (χ0v) is 16.6. The average molecular weight is 401 g/mol. The van der Waals surface area contributed by atoms with Gasteiger partial charge in [0.05, 0.1) is 17.1 Å². The minimum Gasteiger partial charge on any atom is -0.372 e. The summed E-state index contributed by atoms with van der Waals surface area (Å²) in [6.45, 7) is 3.33. The number of benzene rings is 2. The van der Waals surface area contributed by atoms with E-state index in [1.165, 1.54) is 0 Å². The number of sulfonamides is 1. The smallest absolute Gasteiger partial charge is 0.256 e. The monoisotopic (exact) mass is 401 g/mol. The van der Waals surface area contributed by atoms with Crippen LogP contribution in [0.5, 0.6) is 0 Å². The maximum Gasteiger partial charge on any atom is 0.256 e. The number of likely N-dealkylation sites (N-methyl/N-ethyl adjacent to an activating group) is 1. The molecule has 1 N–H and O–H groups in total. The number of rotatable bonds is 2. The number of amides is 1. The zero-order chi connectivity index (χ0) is 19.5. The van der Waals surface area contributed by atoms with Crippen molar-refractivity contribution in [2.75, 3.05) is 45.2 Å². The van der Waals surface area contributed by atoms with Crippen LogP contribution in [0.25, 0.3) is 10.8 Å². The summed E-state index contributed by atoms with van der Waals surface area (Å²) in [6, 6.07) is 8.54. The highest BCUT2D eigenvalue weighted by Crippen LogP contribution is 2.39. The van der Waals surface area contributed by atoms with Gasteiger partial charge in [-0.1, -0.05) is 12.1 Å². The second-order valence-electron chi connectivity index (χ2n) is 7.97. The summed E-state index contributed by atoms with van der Waals surface area (Å²) in [4.78, 5) is 14.6. The molecule has 0 saturated carbocycles. The minimum atomic E-state index is -3.66. The summed E-state index contributed by atoms with van der Waals surface area (Å²) >= 11 is 0. The maximum atomic E-state index is 13.4. The molecule has 0 atom stereocenters. The van der Waals surface area contributed by atoms with Crippen LogP contribution in [-0.2, 0) is 14.8 Å². The predicted molar refractivity (Wildman–Crippen MR) is 106 cm³/mol. The van der Waals surface area contributed by atoms with Crippen LogP contribution in [0.2, 0.25) is 0 Å². The van der Waals surface area contributed by atoms with Gasteiger partial charge in [-0.05, 0) is 38.1 Å². The van der Waals surface area contributed by atoms with Crippen molar-refractivity contribution in [3.63, 3.8) is 0 Å². The van der Waals surface area contributed by atoms with Crippen LogP contribution in [0.15, 0.2) is 35.2 Å². The second-order valence-corrected chi connectivity index (χ2v) is 9.87. The Kier molecular flexibility index (Phi) is 4.03. The van der Waals surface area contributed by atoms with Gasteiger partial charge < -0.3 is 15.0 Å². The average Bonchev–Trinajstić information content (AvgIpc) is 3.00. The van der Waals surface area contributed by atoms with Gasteiger partial charge in [-0.25, -0.2) is 8.42 Å². The van der Waals surface area contributed by atoms with Gasteiger partial charge >= 0.3 is 0 Å². The third-order valence-electron chi connectivity index (χ3n) is 6.18. The molecule has 2 aromatic rings. The number of morpholine rings is 1. The third-order valence-corrected chi connectivity index (χ3v) is 8.14. The zero-order valence-electron chi connectivity index (χ0n) is 15.8. The Morgan fingerprint density at radius 1 is 1.11 bits per heavy atom. The molecule has 28 heavy (non-hydrogen) atoms. The summed E-state index contributed by atoms with van der Waals surface area (Å²) in [5.41, 5.74) is 0.962. The Balaban J connectivity index is 1.48. The van der Waals surface area contributed by atoms with Crippen LogP contribution in [-0.4, -0.2) is 69.0 Å². The topological polar surface area (TPSA) is 79.0 Å². The van der Waals surface area contributed by atoms with Gasteiger partial charge in [-0.2, -0.15) is 4.31 Å². The Hall–Kier alpha value is -2.00. The molecule has 1 amide bonds. The molecule has 0 aromatic heterocycles. The lowest BCUT2D eigenvalue weighted by atomic mass is 9.90. The van der Waals surface area contributed by atoms with Crippen LogP contribution in [0.3, 0.4) is 0 Å². The molecule has 2 saturated heterocycles. The van der Waals surface area contributed by atoms with E-state index >= 15 is 0 Å². The number of anilines is 1. The quantitative estimate of drug-likeness (QED) is 0.831. The number of piperidine rings is 1. The number of carbonyl (C=O) groups is 1. The van der Waals surface area contributed by atoms with Crippen molar-refractivity contribution in [3.05, 3.63) is 35.9 Å². The summed E-state index contributed by atoms with van der Waals surface area (Å²) in [6.07, 6.45) is 1.38. The molecular weight excluding hydrogens is 378 g/mol. The van der Waals surface area contributed by atoms with Crippen LogP contribution in [0, 0.1) is 0 Å². The Morgan fingerprint density at radius 3 is 2.64 bits per heavy atom. The van der Waals surface area contributed by atoms with Crippen molar-refractivity contribution >= 4 is 32.4 Å². The van der Waals surface area contributed by atoms with E-state index in [2.05, 4.69) is 17.3 Å². The van der Waals surface area contributed by atoms with E-state index in [-0.39, 0.29) is 16.4 Å². The van der Waals surface area contributed by atoms with Crippen molar-refractivity contribution in [1.29, 1.82) is 0 Å². The van der Waals surface area contributed by atoms with Gasteiger partial charge in [0.2, 0.25) is 10.0 Å². The molecule has 3 aliphatic heterocycles. The summed E-state index contributed by atoms with van der Waals surface area (Å²) in [5.74, 6) is -0.186. The Morgan fingerprint density at radius 2 is 1.89 bits per heavy atom. The molecule has 5 rings (SSSR count). The molecule has 3 aliphatic rings. The van der Waals surface area contributed by atoms with Gasteiger partial charge in [0.1, 0.15) is 0 Å². The Bertz CT molecular complexity index is 1070. The van der Waals surface area contributed by atoms with Gasteiger partial charge in [-0.15, -0.1) is 0 Å². The largest absolute Gasteiger partial charge is 0.372 e. The van der Waals surface area contributed by atoms with Crippen LogP contribution >= 0.6 is 0 Å². The van der Waals surface area contributed by atoms with E-state index in [1.54, 1.807) is 34.6 Å². The number of nitrogens with zero attached hydrogens (tertiary/aromatic N) is 2. The molecule has 0 aliphatic carbocycles. The molecule has 148 valence electrons. The van der Waals surface area contributed by atoms with Crippen molar-refractivity contribution < 1.29 is 17.9 Å². The standard InChI is InChI=1S/C20H23N3O4S/c1-22-11-12-27-20(13-22)7-9-23(10-8-20)28(25,26)17-6-5-16-18-14(17)3-2-4-15(18)19(24)21-16/h2-6H,7-13H2,1H3,(H,21,24). The first-order chi connectivity index (χ1) is 13.4. The fourth-order valence-corrected chi connectivity index (χ4v) is 6.33. The van der Waals surface area contributed by atoms with Gasteiger partial charge in [0.25, 0.3) is 5.91 Å². The highest BCUT2D eigenvalue weighted by Gasteiger charge is 2.42. The second kappa shape index (κ2) is 6.25. The molecular formula is C20H23N3O4S. The van der Waals surface area contributed by atoms with Crippen molar-refractivity contribution in [2.45, 2.75) is 23.3 Å². The third kappa shape index (κ3) is 2.67. The van der Waals surface area contributed by atoms with E-state index in [9.17, 15) is 13.2 Å². The van der Waals surface area contributed by atoms with Gasteiger partial charge in [0.15, 0.2) is 0 Å². The molecule has 3 heterocycles. The van der Waals surface area contributed by atoms with Crippen LogP contribution < -0.4 is 5.32 Å². The fourth-order valence-electron chi connectivity index (χ4n) is 4.70. The molecule has 2 fully saturated rings. The van der Waals surface area contributed by atoms with Gasteiger partial charge in [-0.3, -0.25) is 4.79 Å². The first kappa shape index (κ1) is 18.1. The lowest BCUT2D eigenvalue weighted by Crippen LogP contribution is -2.56. The molecule has 0 radical (unpaired) electrons. The molecule has 0 bridgehead atoms. The first-order valence-electron chi connectivity index (χ1n) is 9.59. The number of carbonyl (C=O) groups excluding carboxylic acids is 1. The number of hydrogen-bond donors (Lipinski definition) is 1. The molecule has 2 aromatic carbocycles. The van der Waals surface area contributed by atoms with Gasteiger partial charge in [0, 0.05) is 48.2 Å². The summed E-state index contributed by atoms with van der Waals surface area (Å²) in [5, 5.41) is 4.10. The predicted octanol–water partition coefficient (Wildman–Crippen LogP) is 1.89. The highest BCUT2D eigenvalue weighted by molar-refractivity contribution is 7.89. The van der Waals surface area contributed by atoms with Crippen molar-refractivity contribution in [1.82, 2.24) is 9.21 Å². The summed E-state index contributed by atoms with van der Waals surface area (Å²) < 4.78 is 34.5. The fraction of sp³-hybridized carbons (Fsp3) is 0.450. The lowest BCUT2D eigenvalue weighted by Gasteiger charge is -2.46. The summed E-state index contributed by atoms with van der Waals surface area (Å²) in [7, 11) is -1.58. The first-order valence-corrected chi connectivity index (χ1v) is 11.0. The SMILES string of the molecule is CN1CCOC2(CCN(S(=O)(=O)c3ccc4c5c(cccc35)C(=O)N4)CC2)C1. The number of nitrogens with one attached hydrogen (secondary N) is 1. The molecule has 7 nitrogen and oxygen atoms in total. The van der Waals surface area contributed by atoms with Crippen LogP contribution in [0.1, 0.15) is 23.2 Å². The van der Waals surface area contributed by atoms with Crippen LogP contribution in [0.4, 0.5) is 5.69 Å². The van der Waals surface area contributed by atoms with E-state index in [0.29, 0.717) is 54.6 Å². The lowest BCUT2D eigenvalue weighted by molar-refractivity contribution is -0.124. The number of hydrogen-bond acceptors (Lipinski definition) is 5. The van der Waals surface area contributed by atoms with E-state index in [0.717, 1.165) is 13.1 Å². The maximum absolute atomic E-state index is 13.4. The Labute approximate surface area is 164 Å². The minimum absolute atomic E-state index is 0.186.